The van der Waals surface area contributed by atoms with E-state index >= 15 is 0 Å². The molecule has 0 radical (unpaired) electrons. The van der Waals surface area contributed by atoms with Crippen LogP contribution in [0.2, 0.25) is 0 Å². The van der Waals surface area contributed by atoms with Gasteiger partial charge in [-0.25, -0.2) is 9.97 Å². The Hall–Kier alpha value is -1.36. The highest BCUT2D eigenvalue weighted by molar-refractivity contribution is 5.59. The first-order chi connectivity index (χ1) is 7.83. The van der Waals surface area contributed by atoms with Crippen molar-refractivity contribution in [2.45, 2.75) is 31.3 Å². The molecule has 2 aliphatic rings. The van der Waals surface area contributed by atoms with Gasteiger partial charge in [0.1, 0.15) is 6.33 Å². The second kappa shape index (κ2) is 3.90. The lowest BCUT2D eigenvalue weighted by Crippen LogP contribution is -2.28. The van der Waals surface area contributed by atoms with E-state index in [0.29, 0.717) is 11.7 Å². The van der Waals surface area contributed by atoms with Gasteiger partial charge in [0.2, 0.25) is 0 Å². The molecule has 1 saturated carbocycles. The van der Waals surface area contributed by atoms with Gasteiger partial charge in [0.05, 0.1) is 11.9 Å². The van der Waals surface area contributed by atoms with Gasteiger partial charge in [-0.3, -0.25) is 4.90 Å². The summed E-state index contributed by atoms with van der Waals surface area (Å²) < 4.78 is 0. The lowest BCUT2D eigenvalue weighted by atomic mass is 10.2. The van der Waals surface area contributed by atoms with Crippen LogP contribution in [0.3, 0.4) is 0 Å². The third-order valence-electron chi connectivity index (χ3n) is 3.36. The number of aromatic nitrogens is 2. The highest BCUT2D eigenvalue weighted by atomic mass is 15.2. The summed E-state index contributed by atoms with van der Waals surface area (Å²) in [5.74, 6) is 0.776. The molecule has 5 nitrogen and oxygen atoms in total. The second-order valence-corrected chi connectivity index (χ2v) is 4.68. The number of nitrogens with zero attached hydrogens (tertiary/aromatic N) is 3. The molecule has 1 atom stereocenters. The Morgan fingerprint density at radius 3 is 3.00 bits per heavy atom. The highest BCUT2D eigenvalue weighted by Gasteiger charge is 2.34. The molecular formula is C11H17N5. The minimum absolute atomic E-state index is 0.484. The Bertz CT molecular complexity index is 376. The molecule has 0 amide bonds. The number of hydrogen-bond acceptors (Lipinski definition) is 5. The fraction of sp³-hybridized carbons (Fsp3) is 0.636. The number of nitrogen functional groups attached to an aromatic ring is 1. The van der Waals surface area contributed by atoms with E-state index in [-0.39, 0.29) is 0 Å². The van der Waals surface area contributed by atoms with Crippen molar-refractivity contribution in [3.05, 3.63) is 12.5 Å². The molecule has 1 saturated heterocycles. The van der Waals surface area contributed by atoms with Crippen molar-refractivity contribution in [2.24, 2.45) is 0 Å². The van der Waals surface area contributed by atoms with Crippen LogP contribution in [0, 0.1) is 0 Å². The van der Waals surface area contributed by atoms with E-state index in [0.717, 1.165) is 18.4 Å². The summed E-state index contributed by atoms with van der Waals surface area (Å²) in [4.78, 5) is 10.6. The zero-order valence-corrected chi connectivity index (χ0v) is 9.26. The summed E-state index contributed by atoms with van der Waals surface area (Å²) in [6, 6.07) is 1.34. The SMILES string of the molecule is Nc1cncnc1NC1CCN(C2CC2)C1. The molecule has 2 heterocycles. The molecule has 0 aromatic carbocycles. The third kappa shape index (κ3) is 1.95. The fourth-order valence-corrected chi connectivity index (χ4v) is 2.33. The van der Waals surface area contributed by atoms with Crippen LogP contribution in [-0.4, -0.2) is 40.0 Å². The lowest BCUT2D eigenvalue weighted by molar-refractivity contribution is 0.326. The second-order valence-electron chi connectivity index (χ2n) is 4.68. The number of rotatable bonds is 3. The molecule has 86 valence electrons. The van der Waals surface area contributed by atoms with Crippen molar-refractivity contribution >= 4 is 11.5 Å². The van der Waals surface area contributed by atoms with Gasteiger partial charge in [0, 0.05) is 25.2 Å². The maximum atomic E-state index is 5.80. The van der Waals surface area contributed by atoms with Crippen molar-refractivity contribution in [3.8, 4) is 0 Å². The number of nitrogens with one attached hydrogen (secondary N) is 1. The van der Waals surface area contributed by atoms with Gasteiger partial charge in [-0.1, -0.05) is 0 Å². The summed E-state index contributed by atoms with van der Waals surface area (Å²) in [5.41, 5.74) is 6.44. The van der Waals surface area contributed by atoms with Crippen molar-refractivity contribution in [1.29, 1.82) is 0 Å². The molecule has 3 N–H and O–H groups in total. The van der Waals surface area contributed by atoms with E-state index in [9.17, 15) is 0 Å². The summed E-state index contributed by atoms with van der Waals surface area (Å²) in [5, 5.41) is 3.40. The molecule has 5 heteroatoms. The van der Waals surface area contributed by atoms with E-state index in [2.05, 4.69) is 20.2 Å². The minimum atomic E-state index is 0.484. The summed E-state index contributed by atoms with van der Waals surface area (Å²) in [7, 11) is 0. The van der Waals surface area contributed by atoms with Crippen LogP contribution < -0.4 is 11.1 Å². The Labute approximate surface area is 95.1 Å². The van der Waals surface area contributed by atoms with Crippen molar-refractivity contribution in [1.82, 2.24) is 14.9 Å². The van der Waals surface area contributed by atoms with E-state index in [4.69, 9.17) is 5.73 Å². The number of anilines is 2. The van der Waals surface area contributed by atoms with Gasteiger partial charge in [-0.15, -0.1) is 0 Å². The molecule has 3 rings (SSSR count). The minimum Gasteiger partial charge on any atom is -0.394 e. The fourth-order valence-electron chi connectivity index (χ4n) is 2.33. The molecule has 0 bridgehead atoms. The first kappa shape index (κ1) is 9.84. The van der Waals surface area contributed by atoms with Crippen molar-refractivity contribution in [3.63, 3.8) is 0 Å². The molecular weight excluding hydrogens is 202 g/mol. The van der Waals surface area contributed by atoms with Crippen LogP contribution in [0.25, 0.3) is 0 Å². The topological polar surface area (TPSA) is 67.1 Å². The lowest BCUT2D eigenvalue weighted by Gasteiger charge is -2.16. The molecule has 2 fully saturated rings. The molecule has 1 aliphatic carbocycles. The Kier molecular flexibility index (Phi) is 2.40. The predicted octanol–water partition coefficient (Wildman–Crippen LogP) is 0.707. The van der Waals surface area contributed by atoms with Gasteiger partial charge in [-0.2, -0.15) is 0 Å². The first-order valence-corrected chi connectivity index (χ1v) is 5.89. The monoisotopic (exact) mass is 219 g/mol. The third-order valence-corrected chi connectivity index (χ3v) is 3.36. The van der Waals surface area contributed by atoms with Gasteiger partial charge in [-0.05, 0) is 19.3 Å². The van der Waals surface area contributed by atoms with Crippen LogP contribution in [0.4, 0.5) is 11.5 Å². The average Bonchev–Trinajstić information content (AvgIpc) is 3.03. The van der Waals surface area contributed by atoms with Crippen LogP contribution in [0.1, 0.15) is 19.3 Å². The maximum Gasteiger partial charge on any atom is 0.152 e. The van der Waals surface area contributed by atoms with Crippen LogP contribution >= 0.6 is 0 Å². The summed E-state index contributed by atoms with van der Waals surface area (Å²) in [6.07, 6.45) is 7.11. The Morgan fingerprint density at radius 2 is 2.25 bits per heavy atom. The number of nitrogens with two attached hydrogens (primary N) is 1. The normalized spacial score (nSPS) is 25.9. The van der Waals surface area contributed by atoms with Gasteiger partial charge in [0.15, 0.2) is 5.82 Å². The van der Waals surface area contributed by atoms with Crippen molar-refractivity contribution < 1.29 is 0 Å². The average molecular weight is 219 g/mol. The quantitative estimate of drug-likeness (QED) is 0.783. The zero-order chi connectivity index (χ0) is 11.0. The molecule has 1 unspecified atom stereocenters. The molecule has 0 spiro atoms. The Morgan fingerprint density at radius 1 is 1.38 bits per heavy atom. The maximum absolute atomic E-state index is 5.80. The van der Waals surface area contributed by atoms with Crippen LogP contribution in [0.15, 0.2) is 12.5 Å². The zero-order valence-electron chi connectivity index (χ0n) is 9.26. The van der Waals surface area contributed by atoms with Crippen LogP contribution in [-0.2, 0) is 0 Å². The molecule has 1 aromatic rings. The molecule has 1 aliphatic heterocycles. The summed E-state index contributed by atoms with van der Waals surface area (Å²) in [6.45, 7) is 2.32. The van der Waals surface area contributed by atoms with E-state index < -0.39 is 0 Å². The van der Waals surface area contributed by atoms with E-state index in [1.165, 1.54) is 32.1 Å². The largest absolute Gasteiger partial charge is 0.394 e. The van der Waals surface area contributed by atoms with E-state index in [1.54, 1.807) is 6.20 Å². The van der Waals surface area contributed by atoms with E-state index in [1.807, 2.05) is 0 Å². The predicted molar refractivity (Wildman–Crippen MR) is 63.1 cm³/mol. The first-order valence-electron chi connectivity index (χ1n) is 5.89. The van der Waals surface area contributed by atoms with Gasteiger partial charge >= 0.3 is 0 Å². The molecule has 16 heavy (non-hydrogen) atoms. The summed E-state index contributed by atoms with van der Waals surface area (Å²) >= 11 is 0. The highest BCUT2D eigenvalue weighted by Crippen LogP contribution is 2.30. The standard InChI is InChI=1S/C11H17N5/c12-10-5-13-7-14-11(10)15-8-3-4-16(6-8)9-1-2-9/h5,7-9H,1-4,6,12H2,(H,13,14,15). The van der Waals surface area contributed by atoms with Crippen molar-refractivity contribution in [2.75, 3.05) is 24.1 Å². The van der Waals surface area contributed by atoms with Crippen LogP contribution in [0.5, 0.6) is 0 Å². The number of likely N-dealkylation sites (tertiary alicyclic amines) is 1. The smallest absolute Gasteiger partial charge is 0.152 e. The van der Waals surface area contributed by atoms with Gasteiger partial charge in [0.25, 0.3) is 0 Å². The Balaban J connectivity index is 1.61. The molecule has 1 aromatic heterocycles. The number of hydrogen-bond donors (Lipinski definition) is 2. The van der Waals surface area contributed by atoms with Gasteiger partial charge < -0.3 is 11.1 Å².